The van der Waals surface area contributed by atoms with Crippen molar-refractivity contribution in [3.63, 3.8) is 0 Å². The summed E-state index contributed by atoms with van der Waals surface area (Å²) in [7, 11) is 3.47. The topological polar surface area (TPSA) is 123 Å². The van der Waals surface area contributed by atoms with Crippen molar-refractivity contribution in [3.05, 3.63) is 47.3 Å². The quantitative estimate of drug-likeness (QED) is 0.371. The van der Waals surface area contributed by atoms with Crippen LogP contribution in [-0.2, 0) is 6.54 Å². The zero-order valence-corrected chi connectivity index (χ0v) is 25.3. The number of urea groups is 1. The van der Waals surface area contributed by atoms with Crippen molar-refractivity contribution in [1.82, 2.24) is 34.1 Å². The van der Waals surface area contributed by atoms with Crippen LogP contribution in [0.5, 0.6) is 5.88 Å². The van der Waals surface area contributed by atoms with E-state index >= 15 is 0 Å². The van der Waals surface area contributed by atoms with Gasteiger partial charge in [0, 0.05) is 55.3 Å². The summed E-state index contributed by atoms with van der Waals surface area (Å²) in [5.74, 6) is 0.571. The van der Waals surface area contributed by atoms with Crippen molar-refractivity contribution in [3.8, 4) is 17.3 Å². The summed E-state index contributed by atoms with van der Waals surface area (Å²) < 4.78 is 10.1. The van der Waals surface area contributed by atoms with Crippen molar-refractivity contribution >= 4 is 28.6 Å². The van der Waals surface area contributed by atoms with E-state index in [1.807, 2.05) is 48.4 Å². The van der Waals surface area contributed by atoms with E-state index in [9.17, 15) is 9.59 Å². The maximum atomic E-state index is 13.8. The van der Waals surface area contributed by atoms with E-state index in [1.165, 1.54) is 0 Å². The van der Waals surface area contributed by atoms with E-state index in [-0.39, 0.29) is 36.1 Å². The van der Waals surface area contributed by atoms with Gasteiger partial charge in [0.2, 0.25) is 0 Å². The van der Waals surface area contributed by atoms with Gasteiger partial charge in [0.1, 0.15) is 17.0 Å². The van der Waals surface area contributed by atoms with Crippen molar-refractivity contribution in [2.45, 2.75) is 83.1 Å². The molecule has 11 nitrogen and oxygen atoms in total. The normalized spacial score (nSPS) is 24.3. The average Bonchev–Trinajstić information content (AvgIpc) is 3.75. The van der Waals surface area contributed by atoms with Gasteiger partial charge < -0.3 is 30.2 Å². The molecule has 43 heavy (non-hydrogen) atoms. The van der Waals surface area contributed by atoms with Crippen LogP contribution < -0.4 is 15.8 Å². The van der Waals surface area contributed by atoms with Gasteiger partial charge in [-0.1, -0.05) is 0 Å². The minimum absolute atomic E-state index is 0.00138. The van der Waals surface area contributed by atoms with Crippen LogP contribution in [-0.4, -0.2) is 79.5 Å². The third kappa shape index (κ3) is 4.52. The lowest BCUT2D eigenvalue weighted by atomic mass is 9.97. The van der Waals surface area contributed by atoms with Crippen LogP contribution in [0.15, 0.2) is 30.3 Å². The van der Waals surface area contributed by atoms with Gasteiger partial charge >= 0.3 is 6.03 Å². The number of nitrogens with two attached hydrogens (primary N) is 1. The molecule has 3 aliphatic heterocycles. The summed E-state index contributed by atoms with van der Waals surface area (Å²) in [6.07, 6.45) is 5.70. The Morgan fingerprint density at radius 2 is 1.91 bits per heavy atom. The van der Waals surface area contributed by atoms with E-state index in [2.05, 4.69) is 22.0 Å². The van der Waals surface area contributed by atoms with Gasteiger partial charge in [0.05, 0.1) is 30.2 Å². The second kappa shape index (κ2) is 10.6. The molecule has 3 N–H and O–H groups in total. The molecule has 4 bridgehead atoms. The Morgan fingerprint density at radius 3 is 2.65 bits per heavy atom. The summed E-state index contributed by atoms with van der Waals surface area (Å²) in [5, 5.41) is 4.10. The molecule has 3 aliphatic rings. The fourth-order valence-corrected chi connectivity index (χ4v) is 7.37. The number of carbonyl (C=O) groups excluding carboxylic acids is 2. The molecule has 11 heteroatoms. The summed E-state index contributed by atoms with van der Waals surface area (Å²) in [5.41, 5.74) is 12.0. The fourth-order valence-electron chi connectivity index (χ4n) is 7.37. The first-order valence-electron chi connectivity index (χ1n) is 15.4. The Hall–Kier alpha value is -4.12. The molecule has 0 aliphatic carbocycles. The third-order valence-electron chi connectivity index (χ3n) is 9.71. The summed E-state index contributed by atoms with van der Waals surface area (Å²) in [6.45, 7) is 5.48. The van der Waals surface area contributed by atoms with Crippen molar-refractivity contribution in [1.29, 1.82) is 0 Å². The lowest BCUT2D eigenvalue weighted by Gasteiger charge is -2.23. The molecule has 4 atom stereocenters. The fraction of sp³-hybridized carbons (Fsp3) is 0.500. The maximum absolute atomic E-state index is 13.8. The van der Waals surface area contributed by atoms with Gasteiger partial charge in [-0.05, 0) is 76.6 Å². The summed E-state index contributed by atoms with van der Waals surface area (Å²) in [6, 6.07) is 9.94. The predicted octanol–water partition coefficient (Wildman–Crippen LogP) is 4.26. The van der Waals surface area contributed by atoms with Crippen molar-refractivity contribution < 1.29 is 14.3 Å². The van der Waals surface area contributed by atoms with Gasteiger partial charge in [-0.25, -0.2) is 14.8 Å². The number of nitrogens with one attached hydrogen (secondary N) is 1. The molecule has 0 radical (unpaired) electrons. The molecule has 0 saturated carbocycles. The smallest absolute Gasteiger partial charge is 0.317 e. The monoisotopic (exact) mass is 584 g/mol. The number of methoxy groups -OCH3 is 1. The molecule has 2 saturated heterocycles. The van der Waals surface area contributed by atoms with Crippen LogP contribution >= 0.6 is 0 Å². The first-order chi connectivity index (χ1) is 20.7. The highest BCUT2D eigenvalue weighted by Gasteiger charge is 2.47. The molecular weight excluding hydrogens is 544 g/mol. The maximum Gasteiger partial charge on any atom is 0.317 e. The summed E-state index contributed by atoms with van der Waals surface area (Å²) >= 11 is 0. The zero-order valence-electron chi connectivity index (χ0n) is 25.3. The molecular formula is C32H40N8O3. The average molecular weight is 585 g/mol. The number of fused-ring (bicyclic) bond motifs is 4. The second-order valence-electron chi connectivity index (χ2n) is 12.4. The van der Waals surface area contributed by atoms with Crippen LogP contribution in [0.25, 0.3) is 28.1 Å². The van der Waals surface area contributed by atoms with E-state index in [0.29, 0.717) is 23.6 Å². The molecule has 4 aromatic heterocycles. The van der Waals surface area contributed by atoms with Crippen molar-refractivity contribution in [2.24, 2.45) is 5.73 Å². The number of hydrogen-bond donors (Lipinski definition) is 2. The van der Waals surface area contributed by atoms with Crippen molar-refractivity contribution in [2.75, 3.05) is 20.7 Å². The molecule has 0 spiro atoms. The third-order valence-corrected chi connectivity index (χ3v) is 9.71. The number of aryl methyl sites for hydroxylation is 2. The van der Waals surface area contributed by atoms with Crippen LogP contribution in [0.2, 0.25) is 0 Å². The van der Waals surface area contributed by atoms with Crippen LogP contribution in [0.3, 0.4) is 0 Å². The van der Waals surface area contributed by atoms with E-state index in [4.69, 9.17) is 20.4 Å². The number of amides is 3. The van der Waals surface area contributed by atoms with Gasteiger partial charge in [-0.2, -0.15) is 0 Å². The molecule has 0 unspecified atom stereocenters. The molecule has 226 valence electrons. The highest BCUT2D eigenvalue weighted by Crippen LogP contribution is 2.39. The van der Waals surface area contributed by atoms with E-state index in [0.717, 1.165) is 78.9 Å². The number of nitrogens with zero attached hydrogens (tertiary/aromatic N) is 6. The molecule has 7 heterocycles. The highest BCUT2D eigenvalue weighted by molar-refractivity contribution is 5.96. The minimum atomic E-state index is -0.232. The Balaban J connectivity index is 1.32. The lowest BCUT2D eigenvalue weighted by molar-refractivity contribution is 0.0726. The number of carbonyl (C=O) groups is 2. The van der Waals surface area contributed by atoms with E-state index < -0.39 is 0 Å². The molecule has 7 rings (SSSR count). The molecule has 0 aromatic carbocycles. The Kier molecular flexibility index (Phi) is 6.80. The lowest BCUT2D eigenvalue weighted by Crippen LogP contribution is -2.40. The van der Waals surface area contributed by atoms with Crippen LogP contribution in [0, 0.1) is 6.92 Å². The Bertz CT molecular complexity index is 1740. The number of pyridine rings is 2. The van der Waals surface area contributed by atoms with Gasteiger partial charge in [-0.15, -0.1) is 0 Å². The van der Waals surface area contributed by atoms with Gasteiger partial charge in [0.15, 0.2) is 5.88 Å². The SMILES string of the molecule is COc1cc(C(=O)N2[C@H]3CC[C@@H]2[C@H](N)C3)cc2nc(-c3cc4ccc5nc4n3CCCCCN(C)C(=O)N[C@@H]5C)c(C)n12. The number of hydrogen-bond acceptors (Lipinski definition) is 6. The molecule has 2 fully saturated rings. The second-order valence-corrected chi connectivity index (χ2v) is 12.4. The van der Waals surface area contributed by atoms with Gasteiger partial charge in [0.25, 0.3) is 5.91 Å². The number of aromatic nitrogens is 4. The standard InChI is InChI=1S/C32H40N8O3/c1-18-24-10-8-20-14-26(38(30(20)35-24)13-7-5-6-12-37(3)32(42)34-18)29-19(2)39-27(36-29)15-21(16-28(39)43-4)31(41)40-22-9-11-25(40)23(33)17-22/h8,10,14-16,18,22-23,25H,5-7,9,11-13,17,33H2,1-4H3,(H,34,42)/t18-,22+,23-,25-/m1/s1. The largest absolute Gasteiger partial charge is 0.482 e. The first kappa shape index (κ1) is 27.7. The van der Waals surface area contributed by atoms with Crippen LogP contribution in [0.1, 0.15) is 73.2 Å². The Labute approximate surface area is 251 Å². The minimum Gasteiger partial charge on any atom is -0.482 e. The number of rotatable bonds is 3. The highest BCUT2D eigenvalue weighted by atomic mass is 16.5. The zero-order chi connectivity index (χ0) is 30.0. The number of ether oxygens (including phenoxy) is 1. The first-order valence-corrected chi connectivity index (χ1v) is 15.4. The molecule has 4 aromatic rings. The number of imidazole rings is 1. The van der Waals surface area contributed by atoms with Crippen LogP contribution in [0.4, 0.5) is 4.79 Å². The Morgan fingerprint density at radius 1 is 1.09 bits per heavy atom. The van der Waals surface area contributed by atoms with E-state index in [1.54, 1.807) is 12.0 Å². The summed E-state index contributed by atoms with van der Waals surface area (Å²) in [4.78, 5) is 40.3. The molecule has 3 amide bonds. The predicted molar refractivity (Wildman–Crippen MR) is 164 cm³/mol. The van der Waals surface area contributed by atoms with Gasteiger partial charge in [-0.3, -0.25) is 9.20 Å².